The van der Waals surface area contributed by atoms with Gasteiger partial charge >= 0.3 is 0 Å². The van der Waals surface area contributed by atoms with E-state index in [0.29, 0.717) is 6.61 Å². The lowest BCUT2D eigenvalue weighted by molar-refractivity contribution is 0.0752. The van der Waals surface area contributed by atoms with Crippen LogP contribution in [0.1, 0.15) is 11.6 Å². The molecule has 1 atom stereocenters. The molecule has 0 aromatic heterocycles. The Hall–Kier alpha value is -0.780. The molecule has 0 spiro atoms. The molecule has 5 heteroatoms. The standard InChI is InChI=1S/C12H16BrNO3/c1-15-10-5-8(13)6-11(16-2)12(10)9-7-17-4-3-14-9/h5-6,9,14H,3-4,7H2,1-2H3. The lowest BCUT2D eigenvalue weighted by atomic mass is 10.0. The maximum Gasteiger partial charge on any atom is 0.128 e. The molecule has 1 aromatic carbocycles. The van der Waals surface area contributed by atoms with Gasteiger partial charge in [0.15, 0.2) is 0 Å². The van der Waals surface area contributed by atoms with Crippen molar-refractivity contribution in [3.8, 4) is 11.5 Å². The Labute approximate surface area is 109 Å². The highest BCUT2D eigenvalue weighted by atomic mass is 79.9. The second-order valence-electron chi connectivity index (χ2n) is 3.81. The van der Waals surface area contributed by atoms with Crippen LogP contribution in [0.5, 0.6) is 11.5 Å². The maximum absolute atomic E-state index is 5.48. The van der Waals surface area contributed by atoms with E-state index in [9.17, 15) is 0 Å². The van der Waals surface area contributed by atoms with Crippen LogP contribution in [0.2, 0.25) is 0 Å². The number of benzene rings is 1. The van der Waals surface area contributed by atoms with Gasteiger partial charge in [0.2, 0.25) is 0 Å². The molecule has 1 N–H and O–H groups in total. The van der Waals surface area contributed by atoms with Crippen molar-refractivity contribution in [2.45, 2.75) is 6.04 Å². The van der Waals surface area contributed by atoms with Gasteiger partial charge in [-0.25, -0.2) is 0 Å². The van der Waals surface area contributed by atoms with Crippen LogP contribution in [-0.4, -0.2) is 34.0 Å². The van der Waals surface area contributed by atoms with Crippen LogP contribution >= 0.6 is 15.9 Å². The van der Waals surface area contributed by atoms with E-state index in [1.165, 1.54) is 0 Å². The molecule has 1 heterocycles. The van der Waals surface area contributed by atoms with Gasteiger partial charge in [0, 0.05) is 11.0 Å². The molecule has 1 unspecified atom stereocenters. The monoisotopic (exact) mass is 301 g/mol. The van der Waals surface area contributed by atoms with E-state index in [1.54, 1.807) is 14.2 Å². The Morgan fingerprint density at radius 1 is 1.29 bits per heavy atom. The van der Waals surface area contributed by atoms with Gasteiger partial charge in [-0.2, -0.15) is 0 Å². The van der Waals surface area contributed by atoms with Gasteiger partial charge in [0.05, 0.1) is 39.0 Å². The summed E-state index contributed by atoms with van der Waals surface area (Å²) in [7, 11) is 3.32. The summed E-state index contributed by atoms with van der Waals surface area (Å²) in [5, 5.41) is 3.40. The molecule has 1 aliphatic rings. The van der Waals surface area contributed by atoms with E-state index in [1.807, 2.05) is 12.1 Å². The number of hydrogen-bond acceptors (Lipinski definition) is 4. The molecule has 94 valence electrons. The van der Waals surface area contributed by atoms with E-state index < -0.39 is 0 Å². The lowest BCUT2D eigenvalue weighted by Crippen LogP contribution is -2.35. The summed E-state index contributed by atoms with van der Waals surface area (Å²) in [6, 6.07) is 3.99. The topological polar surface area (TPSA) is 39.7 Å². The summed E-state index contributed by atoms with van der Waals surface area (Å²) in [5.74, 6) is 1.61. The first-order valence-electron chi connectivity index (χ1n) is 5.48. The van der Waals surface area contributed by atoms with Crippen LogP contribution in [0.3, 0.4) is 0 Å². The zero-order valence-electron chi connectivity index (χ0n) is 9.96. The van der Waals surface area contributed by atoms with Crippen LogP contribution < -0.4 is 14.8 Å². The Bertz CT molecular complexity index is 366. The van der Waals surface area contributed by atoms with Gasteiger partial charge < -0.3 is 19.5 Å². The van der Waals surface area contributed by atoms with Crippen LogP contribution in [-0.2, 0) is 4.74 Å². The number of rotatable bonds is 3. The second-order valence-corrected chi connectivity index (χ2v) is 4.72. The van der Waals surface area contributed by atoms with Gasteiger partial charge in [-0.15, -0.1) is 0 Å². The molecule has 1 fully saturated rings. The van der Waals surface area contributed by atoms with Crippen LogP contribution in [0.15, 0.2) is 16.6 Å². The molecule has 0 aliphatic carbocycles. The SMILES string of the molecule is COc1cc(Br)cc(OC)c1C1COCCN1. The first-order chi connectivity index (χ1) is 8.26. The zero-order valence-corrected chi connectivity index (χ0v) is 11.5. The smallest absolute Gasteiger partial charge is 0.128 e. The number of methoxy groups -OCH3 is 2. The van der Waals surface area contributed by atoms with Crippen molar-refractivity contribution in [1.29, 1.82) is 0 Å². The van der Waals surface area contributed by atoms with Gasteiger partial charge in [-0.05, 0) is 12.1 Å². The number of morpholine rings is 1. The lowest BCUT2D eigenvalue weighted by Gasteiger charge is -2.27. The Morgan fingerprint density at radius 2 is 1.94 bits per heavy atom. The average Bonchev–Trinajstić information content (AvgIpc) is 2.38. The minimum absolute atomic E-state index is 0.113. The third-order valence-electron chi connectivity index (χ3n) is 2.78. The minimum Gasteiger partial charge on any atom is -0.496 e. The largest absolute Gasteiger partial charge is 0.496 e. The van der Waals surface area contributed by atoms with Crippen molar-refractivity contribution >= 4 is 15.9 Å². The van der Waals surface area contributed by atoms with Crippen molar-refractivity contribution < 1.29 is 14.2 Å². The summed E-state index contributed by atoms with van der Waals surface area (Å²) < 4.78 is 17.2. The summed E-state index contributed by atoms with van der Waals surface area (Å²) in [5.41, 5.74) is 1.01. The maximum atomic E-state index is 5.48. The highest BCUT2D eigenvalue weighted by Gasteiger charge is 2.23. The second kappa shape index (κ2) is 5.71. The Morgan fingerprint density at radius 3 is 2.41 bits per heavy atom. The summed E-state index contributed by atoms with van der Waals surface area (Å²) >= 11 is 3.44. The summed E-state index contributed by atoms with van der Waals surface area (Å²) in [6.07, 6.45) is 0. The van der Waals surface area contributed by atoms with Crippen molar-refractivity contribution in [1.82, 2.24) is 5.32 Å². The average molecular weight is 302 g/mol. The minimum atomic E-state index is 0.113. The van der Waals surface area contributed by atoms with E-state index in [4.69, 9.17) is 14.2 Å². The third-order valence-corrected chi connectivity index (χ3v) is 3.24. The molecule has 2 rings (SSSR count). The van der Waals surface area contributed by atoms with Gasteiger partial charge in [-0.3, -0.25) is 0 Å². The van der Waals surface area contributed by atoms with E-state index >= 15 is 0 Å². The number of nitrogens with one attached hydrogen (secondary N) is 1. The first kappa shape index (κ1) is 12.7. The predicted octanol–water partition coefficient (Wildman–Crippen LogP) is 2.13. The highest BCUT2D eigenvalue weighted by molar-refractivity contribution is 9.10. The predicted molar refractivity (Wildman–Crippen MR) is 68.8 cm³/mol. The van der Waals surface area contributed by atoms with Crippen LogP contribution in [0.25, 0.3) is 0 Å². The number of ether oxygens (including phenoxy) is 3. The molecule has 0 bridgehead atoms. The van der Waals surface area contributed by atoms with Crippen LogP contribution in [0, 0.1) is 0 Å². The molecule has 17 heavy (non-hydrogen) atoms. The molecule has 0 saturated carbocycles. The molecule has 1 aromatic rings. The van der Waals surface area contributed by atoms with E-state index in [0.717, 1.165) is 34.7 Å². The summed E-state index contributed by atoms with van der Waals surface area (Å²) in [4.78, 5) is 0. The third kappa shape index (κ3) is 2.73. The number of halogens is 1. The van der Waals surface area contributed by atoms with E-state index in [-0.39, 0.29) is 6.04 Å². The molecule has 0 radical (unpaired) electrons. The van der Waals surface area contributed by atoms with Crippen molar-refractivity contribution in [2.24, 2.45) is 0 Å². The van der Waals surface area contributed by atoms with Crippen LogP contribution in [0.4, 0.5) is 0 Å². The molecular formula is C12H16BrNO3. The summed E-state index contributed by atoms with van der Waals surface area (Å²) in [6.45, 7) is 2.22. The van der Waals surface area contributed by atoms with Crippen molar-refractivity contribution in [3.05, 3.63) is 22.2 Å². The molecule has 1 aliphatic heterocycles. The molecule has 4 nitrogen and oxygen atoms in total. The Kier molecular flexibility index (Phi) is 4.25. The fourth-order valence-electron chi connectivity index (χ4n) is 2.00. The fourth-order valence-corrected chi connectivity index (χ4v) is 2.42. The van der Waals surface area contributed by atoms with Gasteiger partial charge in [0.1, 0.15) is 11.5 Å². The van der Waals surface area contributed by atoms with Gasteiger partial charge in [-0.1, -0.05) is 15.9 Å². The highest BCUT2D eigenvalue weighted by Crippen LogP contribution is 2.37. The molecule has 1 saturated heterocycles. The fraction of sp³-hybridized carbons (Fsp3) is 0.500. The van der Waals surface area contributed by atoms with Crippen molar-refractivity contribution in [2.75, 3.05) is 34.0 Å². The van der Waals surface area contributed by atoms with Gasteiger partial charge in [0.25, 0.3) is 0 Å². The molecular weight excluding hydrogens is 286 g/mol. The van der Waals surface area contributed by atoms with Crippen molar-refractivity contribution in [3.63, 3.8) is 0 Å². The number of hydrogen-bond donors (Lipinski definition) is 1. The zero-order chi connectivity index (χ0) is 12.3. The molecule has 0 amide bonds. The van der Waals surface area contributed by atoms with E-state index in [2.05, 4.69) is 21.2 Å². The quantitative estimate of drug-likeness (QED) is 0.928. The first-order valence-corrected chi connectivity index (χ1v) is 6.28. The normalized spacial score (nSPS) is 20.1. The Balaban J connectivity index is 2.41.